The molecule has 3 rings (SSSR count). The number of thioether (sulfide) groups is 1. The third kappa shape index (κ3) is 3.02. The van der Waals surface area contributed by atoms with Crippen LogP contribution >= 0.6 is 11.8 Å². The van der Waals surface area contributed by atoms with Gasteiger partial charge in [0.1, 0.15) is 0 Å². The van der Waals surface area contributed by atoms with Gasteiger partial charge in [-0.25, -0.2) is 0 Å². The van der Waals surface area contributed by atoms with Crippen molar-refractivity contribution in [3.63, 3.8) is 0 Å². The molecule has 0 aromatic heterocycles. The van der Waals surface area contributed by atoms with Gasteiger partial charge in [-0.2, -0.15) is 0 Å². The maximum Gasteiger partial charge on any atom is 0.0790 e. The first-order chi connectivity index (χ1) is 9.33. The van der Waals surface area contributed by atoms with E-state index >= 15 is 0 Å². The molecule has 2 aromatic rings. The van der Waals surface area contributed by atoms with Crippen molar-refractivity contribution in [2.24, 2.45) is 0 Å². The fraction of sp³-hybridized carbons (Fsp3) is 0.294. The fourth-order valence-electron chi connectivity index (χ4n) is 2.60. The Labute approximate surface area is 118 Å². The lowest BCUT2D eigenvalue weighted by atomic mass is 10.0. The molecule has 0 saturated carbocycles. The zero-order valence-electron chi connectivity index (χ0n) is 10.8. The molecule has 2 unspecified atom stereocenters. The van der Waals surface area contributed by atoms with Gasteiger partial charge in [0.25, 0.3) is 0 Å². The van der Waals surface area contributed by atoms with Gasteiger partial charge >= 0.3 is 0 Å². The molecule has 0 radical (unpaired) electrons. The Morgan fingerprint density at radius 3 is 2.58 bits per heavy atom. The molecule has 2 aromatic carbocycles. The van der Waals surface area contributed by atoms with Gasteiger partial charge in [-0.1, -0.05) is 48.5 Å². The van der Waals surface area contributed by atoms with Crippen LogP contribution in [0.3, 0.4) is 0 Å². The van der Waals surface area contributed by atoms with E-state index in [9.17, 15) is 5.11 Å². The molecule has 0 fully saturated rings. The van der Waals surface area contributed by atoms with Crippen LogP contribution in [0.15, 0.2) is 59.5 Å². The van der Waals surface area contributed by atoms with Crippen LogP contribution in [0.25, 0.3) is 0 Å². The van der Waals surface area contributed by atoms with Crippen LogP contribution in [0.2, 0.25) is 0 Å². The molecule has 2 heteroatoms. The average Bonchev–Trinajstić information content (AvgIpc) is 2.88. The Morgan fingerprint density at radius 1 is 1.05 bits per heavy atom. The number of fused-ring (bicyclic) bond motifs is 1. The summed E-state index contributed by atoms with van der Waals surface area (Å²) in [5, 5.41) is 10.8. The monoisotopic (exact) mass is 270 g/mol. The predicted octanol–water partition coefficient (Wildman–Crippen LogP) is 4.22. The Morgan fingerprint density at radius 2 is 1.79 bits per heavy atom. The summed E-state index contributed by atoms with van der Waals surface area (Å²) in [6.45, 7) is 0. The zero-order chi connectivity index (χ0) is 13.1. The molecule has 1 nitrogen and oxygen atoms in total. The van der Waals surface area contributed by atoms with E-state index in [2.05, 4.69) is 24.3 Å². The molecule has 19 heavy (non-hydrogen) atoms. The van der Waals surface area contributed by atoms with Crippen LogP contribution < -0.4 is 0 Å². The molecule has 1 aliphatic heterocycles. The number of aliphatic hydroxyl groups excluding tert-OH is 1. The molecule has 1 aliphatic rings. The number of aliphatic hydroxyl groups is 1. The maximum absolute atomic E-state index is 10.2. The first kappa shape index (κ1) is 12.8. The minimum Gasteiger partial charge on any atom is -0.388 e. The summed E-state index contributed by atoms with van der Waals surface area (Å²) >= 11 is 1.96. The summed E-state index contributed by atoms with van der Waals surface area (Å²) in [5.41, 5.74) is 2.50. The highest BCUT2D eigenvalue weighted by molar-refractivity contribution is 8.00. The second-order valence-electron chi connectivity index (χ2n) is 5.06. The van der Waals surface area contributed by atoms with Crippen molar-refractivity contribution in [2.75, 3.05) is 0 Å². The number of rotatable bonds is 4. The Kier molecular flexibility index (Phi) is 3.90. The lowest BCUT2D eigenvalue weighted by Gasteiger charge is -2.13. The van der Waals surface area contributed by atoms with Crippen molar-refractivity contribution in [1.29, 1.82) is 0 Å². The average molecular weight is 270 g/mol. The third-order valence-corrected chi connectivity index (χ3v) is 5.05. The van der Waals surface area contributed by atoms with E-state index in [-0.39, 0.29) is 6.10 Å². The standard InChI is InChI=1S/C17H18OS/c18-16(13-6-2-1-3-7-13)11-10-15-12-14-8-4-5-9-17(14)19-15/h1-9,15-16,18H,10-12H2. The Balaban J connectivity index is 1.55. The predicted molar refractivity (Wildman–Crippen MR) is 80.4 cm³/mol. The highest BCUT2D eigenvalue weighted by atomic mass is 32.2. The molecule has 0 amide bonds. The summed E-state index contributed by atoms with van der Waals surface area (Å²) in [6.07, 6.45) is 2.72. The molecule has 2 atom stereocenters. The molecular formula is C17H18OS. The summed E-state index contributed by atoms with van der Waals surface area (Å²) < 4.78 is 0. The van der Waals surface area contributed by atoms with Gasteiger partial charge in [-0.15, -0.1) is 11.8 Å². The Bertz CT molecular complexity index is 513. The minimum absolute atomic E-state index is 0.328. The Hall–Kier alpha value is -1.25. The number of benzene rings is 2. The van der Waals surface area contributed by atoms with E-state index in [4.69, 9.17) is 0 Å². The lowest BCUT2D eigenvalue weighted by molar-refractivity contribution is 0.164. The van der Waals surface area contributed by atoms with E-state index in [0.717, 1.165) is 24.8 Å². The molecule has 0 spiro atoms. The largest absolute Gasteiger partial charge is 0.388 e. The van der Waals surface area contributed by atoms with Crippen molar-refractivity contribution >= 4 is 11.8 Å². The number of hydrogen-bond acceptors (Lipinski definition) is 2. The maximum atomic E-state index is 10.2. The molecule has 0 bridgehead atoms. The van der Waals surface area contributed by atoms with Crippen LogP contribution in [-0.2, 0) is 6.42 Å². The van der Waals surface area contributed by atoms with Crippen LogP contribution in [0.1, 0.15) is 30.1 Å². The smallest absolute Gasteiger partial charge is 0.0790 e. The van der Waals surface area contributed by atoms with Crippen molar-refractivity contribution in [2.45, 2.75) is 35.5 Å². The summed E-state index contributed by atoms with van der Waals surface area (Å²) in [4.78, 5) is 1.42. The zero-order valence-corrected chi connectivity index (χ0v) is 11.6. The molecule has 0 saturated heterocycles. The second kappa shape index (κ2) is 5.81. The van der Waals surface area contributed by atoms with E-state index in [0.29, 0.717) is 5.25 Å². The van der Waals surface area contributed by atoms with Crippen LogP contribution in [0.4, 0.5) is 0 Å². The summed E-state index contributed by atoms with van der Waals surface area (Å²) in [6, 6.07) is 18.6. The van der Waals surface area contributed by atoms with Gasteiger partial charge in [-0.3, -0.25) is 0 Å². The summed E-state index contributed by atoms with van der Waals surface area (Å²) in [7, 11) is 0. The van der Waals surface area contributed by atoms with Crippen molar-refractivity contribution in [1.82, 2.24) is 0 Å². The fourth-order valence-corrected chi connectivity index (χ4v) is 3.94. The highest BCUT2D eigenvalue weighted by Gasteiger charge is 2.22. The van der Waals surface area contributed by atoms with Gasteiger partial charge in [0, 0.05) is 10.1 Å². The molecule has 1 N–H and O–H groups in total. The van der Waals surface area contributed by atoms with E-state index < -0.39 is 0 Å². The SMILES string of the molecule is OC(CCC1Cc2ccccc2S1)c1ccccc1. The van der Waals surface area contributed by atoms with Crippen molar-refractivity contribution in [3.8, 4) is 0 Å². The highest BCUT2D eigenvalue weighted by Crippen LogP contribution is 2.39. The van der Waals surface area contributed by atoms with Crippen LogP contribution in [0, 0.1) is 0 Å². The van der Waals surface area contributed by atoms with E-state index in [1.807, 2.05) is 42.1 Å². The molecule has 1 heterocycles. The number of hydrogen-bond donors (Lipinski definition) is 1. The first-order valence-electron chi connectivity index (χ1n) is 6.80. The molecule has 0 aliphatic carbocycles. The quantitative estimate of drug-likeness (QED) is 0.897. The minimum atomic E-state index is -0.328. The molecule has 98 valence electrons. The van der Waals surface area contributed by atoms with E-state index in [1.54, 1.807) is 0 Å². The van der Waals surface area contributed by atoms with Gasteiger partial charge < -0.3 is 5.11 Å². The van der Waals surface area contributed by atoms with Gasteiger partial charge in [-0.05, 0) is 36.5 Å². The normalized spacial score (nSPS) is 19.1. The van der Waals surface area contributed by atoms with Gasteiger partial charge in [0.2, 0.25) is 0 Å². The van der Waals surface area contributed by atoms with Crippen molar-refractivity contribution in [3.05, 3.63) is 65.7 Å². The van der Waals surface area contributed by atoms with Crippen LogP contribution in [-0.4, -0.2) is 10.4 Å². The molecular weight excluding hydrogens is 252 g/mol. The van der Waals surface area contributed by atoms with E-state index in [1.165, 1.54) is 10.5 Å². The van der Waals surface area contributed by atoms with Gasteiger partial charge in [0.05, 0.1) is 6.10 Å². The van der Waals surface area contributed by atoms with Gasteiger partial charge in [0.15, 0.2) is 0 Å². The second-order valence-corrected chi connectivity index (χ2v) is 6.40. The van der Waals surface area contributed by atoms with Crippen LogP contribution in [0.5, 0.6) is 0 Å². The lowest BCUT2D eigenvalue weighted by Crippen LogP contribution is -2.05. The summed E-state index contributed by atoms with van der Waals surface area (Å²) in [5.74, 6) is 0. The third-order valence-electron chi connectivity index (χ3n) is 3.66. The van der Waals surface area contributed by atoms with Crippen molar-refractivity contribution < 1.29 is 5.11 Å². The first-order valence-corrected chi connectivity index (χ1v) is 7.68. The topological polar surface area (TPSA) is 20.2 Å².